The first-order valence-electron chi connectivity index (χ1n) is 7.06. The highest BCUT2D eigenvalue weighted by Crippen LogP contribution is 2.28. The van der Waals surface area contributed by atoms with Gasteiger partial charge in [0, 0.05) is 23.9 Å². The fourth-order valence-electron chi connectivity index (χ4n) is 2.54. The number of rotatable bonds is 4. The number of hydrogen-bond acceptors (Lipinski definition) is 1. The van der Waals surface area contributed by atoms with Gasteiger partial charge < -0.3 is 0 Å². The Morgan fingerprint density at radius 3 is 2.10 bits per heavy atom. The molecule has 0 unspecified atom stereocenters. The van der Waals surface area contributed by atoms with Crippen LogP contribution in [0, 0.1) is 0 Å². The average Bonchev–Trinajstić information content (AvgIpc) is 2.58. The molecule has 0 aliphatic heterocycles. The molecule has 0 aliphatic carbocycles. The van der Waals surface area contributed by atoms with E-state index in [-0.39, 0.29) is 5.92 Å². The van der Waals surface area contributed by atoms with Gasteiger partial charge in [-0.15, -0.1) is 6.58 Å². The summed E-state index contributed by atoms with van der Waals surface area (Å²) < 4.78 is 0. The van der Waals surface area contributed by atoms with Gasteiger partial charge in [0.2, 0.25) is 0 Å². The van der Waals surface area contributed by atoms with Crippen LogP contribution in [0.3, 0.4) is 0 Å². The Bertz CT molecular complexity index is 717. The van der Waals surface area contributed by atoms with Crippen LogP contribution >= 0.6 is 0 Å². The third-order valence-electron chi connectivity index (χ3n) is 3.62. The van der Waals surface area contributed by atoms with Gasteiger partial charge in [-0.1, -0.05) is 66.7 Å². The van der Waals surface area contributed by atoms with Gasteiger partial charge in [-0.25, -0.2) is 0 Å². The van der Waals surface area contributed by atoms with Crippen molar-refractivity contribution in [2.24, 2.45) is 0 Å². The van der Waals surface area contributed by atoms with Crippen LogP contribution in [0.2, 0.25) is 0 Å². The van der Waals surface area contributed by atoms with Crippen molar-refractivity contribution in [1.82, 2.24) is 4.98 Å². The van der Waals surface area contributed by atoms with Gasteiger partial charge in [0.1, 0.15) is 0 Å². The second-order valence-corrected chi connectivity index (χ2v) is 5.00. The molecule has 2 aromatic carbocycles. The minimum absolute atomic E-state index is 0.169. The molecule has 0 saturated heterocycles. The molecule has 1 nitrogen and oxygen atoms in total. The molecule has 1 aromatic heterocycles. The maximum Gasteiger partial charge on any atom is 0.0346 e. The zero-order valence-electron chi connectivity index (χ0n) is 11.8. The monoisotopic (exact) mass is 271 g/mol. The van der Waals surface area contributed by atoms with Gasteiger partial charge in [-0.3, -0.25) is 4.98 Å². The van der Waals surface area contributed by atoms with Crippen molar-refractivity contribution in [3.05, 3.63) is 103 Å². The summed E-state index contributed by atoms with van der Waals surface area (Å²) in [6, 6.07) is 22.9. The lowest BCUT2D eigenvalue weighted by molar-refractivity contribution is 1.01. The summed E-state index contributed by atoms with van der Waals surface area (Å²) in [5.74, 6) is 0.169. The van der Waals surface area contributed by atoms with Crippen molar-refractivity contribution in [3.63, 3.8) is 0 Å². The van der Waals surface area contributed by atoms with Crippen LogP contribution in [-0.2, 0) is 0 Å². The molecule has 0 fully saturated rings. The Morgan fingerprint density at radius 1 is 0.762 bits per heavy atom. The van der Waals surface area contributed by atoms with Gasteiger partial charge in [0.25, 0.3) is 0 Å². The van der Waals surface area contributed by atoms with Crippen molar-refractivity contribution in [2.45, 2.75) is 5.92 Å². The molecule has 1 heterocycles. The van der Waals surface area contributed by atoms with E-state index in [0.29, 0.717) is 0 Å². The van der Waals surface area contributed by atoms with Crippen LogP contribution in [0.5, 0.6) is 0 Å². The van der Waals surface area contributed by atoms with E-state index >= 15 is 0 Å². The van der Waals surface area contributed by atoms with Crippen LogP contribution in [-0.4, -0.2) is 4.98 Å². The lowest BCUT2D eigenvalue weighted by atomic mass is 9.91. The molecule has 102 valence electrons. The molecule has 3 rings (SSSR count). The van der Waals surface area contributed by atoms with Crippen molar-refractivity contribution in [2.75, 3.05) is 0 Å². The summed E-state index contributed by atoms with van der Waals surface area (Å²) in [6.07, 6.45) is 5.80. The van der Waals surface area contributed by atoms with Crippen molar-refractivity contribution >= 4 is 0 Å². The van der Waals surface area contributed by atoms with E-state index in [1.54, 1.807) is 0 Å². The summed E-state index contributed by atoms with van der Waals surface area (Å²) in [5.41, 5.74) is 4.72. The summed E-state index contributed by atoms with van der Waals surface area (Å²) in [5, 5.41) is 0. The maximum absolute atomic E-state index is 4.41. The number of pyridine rings is 1. The molecule has 21 heavy (non-hydrogen) atoms. The average molecular weight is 271 g/mol. The quantitative estimate of drug-likeness (QED) is 0.604. The highest BCUT2D eigenvalue weighted by atomic mass is 14.6. The van der Waals surface area contributed by atoms with Crippen LogP contribution < -0.4 is 0 Å². The lowest BCUT2D eigenvalue weighted by Crippen LogP contribution is -1.98. The number of nitrogens with zero attached hydrogens (tertiary/aromatic N) is 1. The Balaban J connectivity index is 2.01. The SMILES string of the molecule is C=C[C@H](c1ccccc1)c1cncc(-c2ccccc2)c1. The maximum atomic E-state index is 4.41. The first-order valence-corrected chi connectivity index (χ1v) is 7.06. The molecule has 0 bridgehead atoms. The Morgan fingerprint density at radius 2 is 1.43 bits per heavy atom. The summed E-state index contributed by atoms with van der Waals surface area (Å²) in [7, 11) is 0. The molecule has 0 amide bonds. The van der Waals surface area contributed by atoms with Gasteiger partial charge in [0.15, 0.2) is 0 Å². The second kappa shape index (κ2) is 6.19. The third kappa shape index (κ3) is 2.92. The number of allylic oxidation sites excluding steroid dienone is 1. The van der Waals surface area contributed by atoms with Crippen molar-refractivity contribution < 1.29 is 0 Å². The van der Waals surface area contributed by atoms with E-state index in [2.05, 4.69) is 54.0 Å². The van der Waals surface area contributed by atoms with Crippen LogP contribution in [0.4, 0.5) is 0 Å². The van der Waals surface area contributed by atoms with E-state index in [0.717, 1.165) is 11.1 Å². The Hall–Kier alpha value is -2.67. The summed E-state index contributed by atoms with van der Waals surface area (Å²) in [6.45, 7) is 3.99. The molecule has 0 saturated carbocycles. The zero-order chi connectivity index (χ0) is 14.5. The second-order valence-electron chi connectivity index (χ2n) is 5.00. The zero-order valence-corrected chi connectivity index (χ0v) is 11.8. The molecule has 0 aliphatic rings. The Kier molecular flexibility index (Phi) is 3.92. The molecule has 0 radical (unpaired) electrons. The van der Waals surface area contributed by atoms with Crippen molar-refractivity contribution in [1.29, 1.82) is 0 Å². The topological polar surface area (TPSA) is 12.9 Å². The molecular weight excluding hydrogens is 254 g/mol. The largest absolute Gasteiger partial charge is 0.264 e. The highest BCUT2D eigenvalue weighted by Gasteiger charge is 2.11. The Labute approximate surface area is 125 Å². The van der Waals surface area contributed by atoms with Crippen LogP contribution in [0.15, 0.2) is 91.8 Å². The number of benzene rings is 2. The van der Waals surface area contributed by atoms with Gasteiger partial charge >= 0.3 is 0 Å². The fraction of sp³-hybridized carbons (Fsp3) is 0.0500. The highest BCUT2D eigenvalue weighted by molar-refractivity contribution is 5.63. The van der Waals surface area contributed by atoms with E-state index in [4.69, 9.17) is 0 Å². The first-order chi connectivity index (χ1) is 10.4. The predicted octanol–water partition coefficient (Wildman–Crippen LogP) is 5.07. The third-order valence-corrected chi connectivity index (χ3v) is 3.62. The molecule has 0 N–H and O–H groups in total. The molecule has 1 heteroatoms. The number of hydrogen-bond donors (Lipinski definition) is 0. The van der Waals surface area contributed by atoms with Crippen LogP contribution in [0.25, 0.3) is 11.1 Å². The van der Waals surface area contributed by atoms with Gasteiger partial charge in [0.05, 0.1) is 0 Å². The van der Waals surface area contributed by atoms with Gasteiger partial charge in [-0.05, 0) is 22.8 Å². The first kappa shape index (κ1) is 13.3. The van der Waals surface area contributed by atoms with Gasteiger partial charge in [-0.2, -0.15) is 0 Å². The number of aromatic nitrogens is 1. The minimum atomic E-state index is 0.169. The standard InChI is InChI=1S/C20H17N/c1-2-20(17-11-7-4-8-12-17)19-13-18(14-21-15-19)16-9-5-3-6-10-16/h2-15,20H,1H2/t20-/m1/s1. The summed E-state index contributed by atoms with van der Waals surface area (Å²) >= 11 is 0. The molecule has 0 spiro atoms. The van der Waals surface area contributed by atoms with E-state index < -0.39 is 0 Å². The summed E-state index contributed by atoms with van der Waals surface area (Å²) in [4.78, 5) is 4.41. The van der Waals surface area contributed by atoms with E-state index in [1.165, 1.54) is 11.1 Å². The lowest BCUT2D eigenvalue weighted by Gasteiger charge is -2.14. The smallest absolute Gasteiger partial charge is 0.0346 e. The molecule has 1 atom stereocenters. The minimum Gasteiger partial charge on any atom is -0.264 e. The fourth-order valence-corrected chi connectivity index (χ4v) is 2.54. The van der Waals surface area contributed by atoms with E-state index in [9.17, 15) is 0 Å². The molecular formula is C20H17N. The molecule has 3 aromatic rings. The van der Waals surface area contributed by atoms with Crippen molar-refractivity contribution in [3.8, 4) is 11.1 Å². The normalized spacial score (nSPS) is 11.8. The van der Waals surface area contributed by atoms with Crippen LogP contribution in [0.1, 0.15) is 17.0 Å². The van der Waals surface area contributed by atoms with E-state index in [1.807, 2.05) is 42.7 Å². The predicted molar refractivity (Wildman–Crippen MR) is 88.2 cm³/mol.